The smallest absolute Gasteiger partial charge is 0.303 e. The molecule has 0 bridgehead atoms. The van der Waals surface area contributed by atoms with Crippen LogP contribution in [0.3, 0.4) is 0 Å². The molecule has 9 heteroatoms. The predicted molar refractivity (Wildman–Crippen MR) is 94.1 cm³/mol. The van der Waals surface area contributed by atoms with Crippen LogP contribution in [-0.2, 0) is 14.6 Å². The van der Waals surface area contributed by atoms with E-state index >= 15 is 0 Å². The summed E-state index contributed by atoms with van der Waals surface area (Å²) in [6, 6.07) is -0.594. The SMILES string of the molecule is CC[C@@H]([C@@H](C)OP(=O)(O)O)n1ncn([C@]2(C)C=CC=C(C)C=C2)c1=O. The van der Waals surface area contributed by atoms with Crippen molar-refractivity contribution < 1.29 is 18.9 Å². The molecule has 2 N–H and O–H groups in total. The second-order valence-electron chi connectivity index (χ2n) is 6.33. The summed E-state index contributed by atoms with van der Waals surface area (Å²) in [7, 11) is -4.65. The molecule has 0 saturated heterocycles. The van der Waals surface area contributed by atoms with Crippen molar-refractivity contribution >= 4 is 7.82 Å². The zero-order valence-electron chi connectivity index (χ0n) is 14.7. The van der Waals surface area contributed by atoms with E-state index in [0.29, 0.717) is 6.42 Å². The topological polar surface area (TPSA) is 107 Å². The van der Waals surface area contributed by atoms with Crippen molar-refractivity contribution in [1.82, 2.24) is 14.3 Å². The van der Waals surface area contributed by atoms with Crippen molar-refractivity contribution in [2.75, 3.05) is 0 Å². The number of hydrogen-bond acceptors (Lipinski definition) is 4. The Kier molecular flexibility index (Phi) is 5.68. The lowest BCUT2D eigenvalue weighted by atomic mass is 10.0. The number of allylic oxidation sites excluding steroid dienone is 6. The third kappa shape index (κ3) is 4.46. The molecule has 2 rings (SSSR count). The van der Waals surface area contributed by atoms with E-state index in [2.05, 4.69) is 5.10 Å². The van der Waals surface area contributed by atoms with Crippen LogP contribution in [0, 0.1) is 0 Å². The average Bonchev–Trinajstić information content (AvgIpc) is 2.77. The molecule has 1 aromatic rings. The molecule has 1 aliphatic carbocycles. The highest BCUT2D eigenvalue weighted by Gasteiger charge is 2.31. The van der Waals surface area contributed by atoms with E-state index in [1.807, 2.05) is 44.2 Å². The normalized spacial score (nSPS) is 23.2. The Morgan fingerprint density at radius 1 is 1.40 bits per heavy atom. The number of phosphoric ester groups is 1. The van der Waals surface area contributed by atoms with Gasteiger partial charge in [-0.25, -0.2) is 14.0 Å². The molecule has 138 valence electrons. The first-order valence-corrected chi connectivity index (χ1v) is 9.56. The highest BCUT2D eigenvalue weighted by atomic mass is 31.2. The van der Waals surface area contributed by atoms with Gasteiger partial charge in [-0.1, -0.05) is 42.9 Å². The van der Waals surface area contributed by atoms with Crippen LogP contribution in [0.4, 0.5) is 0 Å². The fraction of sp³-hybridized carbons (Fsp3) is 0.500. The van der Waals surface area contributed by atoms with Crippen LogP contribution in [0.1, 0.15) is 40.2 Å². The molecule has 0 amide bonds. The van der Waals surface area contributed by atoms with Crippen molar-refractivity contribution in [3.05, 3.63) is 52.8 Å². The Bertz CT molecular complexity index is 816. The molecule has 1 heterocycles. The van der Waals surface area contributed by atoms with Crippen molar-refractivity contribution in [1.29, 1.82) is 0 Å². The van der Waals surface area contributed by atoms with E-state index < -0.39 is 25.5 Å². The summed E-state index contributed by atoms with van der Waals surface area (Å²) in [6.45, 7) is 7.17. The highest BCUT2D eigenvalue weighted by Crippen LogP contribution is 2.40. The second-order valence-corrected chi connectivity index (χ2v) is 7.53. The van der Waals surface area contributed by atoms with Crippen molar-refractivity contribution in [3.63, 3.8) is 0 Å². The van der Waals surface area contributed by atoms with Crippen molar-refractivity contribution in [2.45, 2.75) is 51.8 Å². The van der Waals surface area contributed by atoms with Gasteiger partial charge in [0.05, 0.1) is 17.7 Å². The van der Waals surface area contributed by atoms with Crippen LogP contribution in [0.15, 0.2) is 47.1 Å². The minimum absolute atomic E-state index is 0.371. The molecular formula is C16H24N3O5P. The van der Waals surface area contributed by atoms with Gasteiger partial charge in [-0.2, -0.15) is 5.10 Å². The molecule has 3 atom stereocenters. The molecule has 0 radical (unpaired) electrons. The van der Waals surface area contributed by atoms with Gasteiger partial charge in [0, 0.05) is 0 Å². The summed E-state index contributed by atoms with van der Waals surface area (Å²) in [5, 5.41) is 4.16. The Balaban J connectivity index is 2.39. The summed E-state index contributed by atoms with van der Waals surface area (Å²) in [5.41, 5.74) is 0.00905. The number of hydrogen-bond donors (Lipinski definition) is 2. The van der Waals surface area contributed by atoms with Gasteiger partial charge in [0.2, 0.25) is 0 Å². The summed E-state index contributed by atoms with van der Waals surface area (Å²) in [4.78, 5) is 30.9. The number of nitrogens with zero attached hydrogens (tertiary/aromatic N) is 3. The lowest BCUT2D eigenvalue weighted by molar-refractivity contribution is 0.0959. The molecule has 0 unspecified atom stereocenters. The summed E-state index contributed by atoms with van der Waals surface area (Å²) in [5.74, 6) is 0. The molecule has 0 saturated carbocycles. The van der Waals surface area contributed by atoms with Crippen LogP contribution in [-0.4, -0.2) is 30.2 Å². The highest BCUT2D eigenvalue weighted by molar-refractivity contribution is 7.46. The monoisotopic (exact) mass is 369 g/mol. The van der Waals surface area contributed by atoms with Crippen molar-refractivity contribution in [2.24, 2.45) is 0 Å². The summed E-state index contributed by atoms with van der Waals surface area (Å²) < 4.78 is 18.5. The first-order chi connectivity index (χ1) is 11.6. The van der Waals surface area contributed by atoms with E-state index in [0.717, 1.165) is 5.57 Å². The molecule has 1 aliphatic rings. The van der Waals surface area contributed by atoms with Crippen LogP contribution in [0.25, 0.3) is 0 Å². The first kappa shape index (κ1) is 19.6. The zero-order chi connectivity index (χ0) is 18.8. The number of phosphoric acid groups is 1. The standard InChI is InChI=1S/C16H24N3O5P/c1-5-14(13(3)24-25(21,22)23)19-15(20)18(11-17-19)16(4)9-6-7-12(2)8-10-16/h6-11,13-14H,5H2,1-4H3,(H2,21,22,23)/t13-,14+,16-/m1/s1. The van der Waals surface area contributed by atoms with Crippen LogP contribution in [0.5, 0.6) is 0 Å². The van der Waals surface area contributed by atoms with E-state index in [-0.39, 0.29) is 5.69 Å². The maximum absolute atomic E-state index is 12.9. The average molecular weight is 369 g/mol. The van der Waals surface area contributed by atoms with E-state index in [1.54, 1.807) is 6.92 Å². The fourth-order valence-electron chi connectivity index (χ4n) is 2.83. The van der Waals surface area contributed by atoms with E-state index in [4.69, 9.17) is 14.3 Å². The number of rotatable bonds is 6. The number of aromatic nitrogens is 3. The summed E-state index contributed by atoms with van der Waals surface area (Å²) in [6.07, 6.45) is 10.6. The van der Waals surface area contributed by atoms with Crippen LogP contribution < -0.4 is 5.69 Å². The van der Waals surface area contributed by atoms with Crippen LogP contribution >= 0.6 is 7.82 Å². The van der Waals surface area contributed by atoms with Gasteiger partial charge in [-0.15, -0.1) is 0 Å². The quantitative estimate of drug-likeness (QED) is 0.745. The molecule has 0 aromatic carbocycles. The summed E-state index contributed by atoms with van der Waals surface area (Å²) >= 11 is 0. The minimum Gasteiger partial charge on any atom is -0.303 e. The van der Waals surface area contributed by atoms with Crippen molar-refractivity contribution in [3.8, 4) is 0 Å². The molecule has 0 fully saturated rings. The maximum atomic E-state index is 12.9. The Hall–Kier alpha value is -1.73. The predicted octanol–water partition coefficient (Wildman–Crippen LogP) is 2.28. The molecule has 8 nitrogen and oxygen atoms in total. The van der Waals surface area contributed by atoms with Gasteiger partial charge in [0.1, 0.15) is 6.33 Å². The lowest BCUT2D eigenvalue weighted by Gasteiger charge is -2.24. The fourth-order valence-corrected chi connectivity index (χ4v) is 3.41. The van der Waals surface area contributed by atoms with E-state index in [9.17, 15) is 9.36 Å². The molecule has 0 aliphatic heterocycles. The Morgan fingerprint density at radius 3 is 2.68 bits per heavy atom. The molecule has 0 spiro atoms. The molecule has 1 aromatic heterocycles. The first-order valence-electron chi connectivity index (χ1n) is 8.03. The molecular weight excluding hydrogens is 345 g/mol. The zero-order valence-corrected chi connectivity index (χ0v) is 15.6. The Labute approximate surface area is 146 Å². The third-order valence-electron chi connectivity index (χ3n) is 4.27. The lowest BCUT2D eigenvalue weighted by Crippen LogP contribution is -2.39. The maximum Gasteiger partial charge on any atom is 0.469 e. The van der Waals surface area contributed by atoms with Crippen LogP contribution in [0.2, 0.25) is 0 Å². The molecule has 25 heavy (non-hydrogen) atoms. The van der Waals surface area contributed by atoms with Gasteiger partial charge in [-0.3, -0.25) is 9.09 Å². The van der Waals surface area contributed by atoms with E-state index in [1.165, 1.54) is 22.5 Å². The Morgan fingerprint density at radius 2 is 2.08 bits per heavy atom. The second kappa shape index (κ2) is 7.25. The third-order valence-corrected chi connectivity index (χ3v) is 4.87. The van der Waals surface area contributed by atoms with Gasteiger partial charge in [0.15, 0.2) is 0 Å². The van der Waals surface area contributed by atoms with Gasteiger partial charge >= 0.3 is 13.5 Å². The largest absolute Gasteiger partial charge is 0.469 e. The van der Waals surface area contributed by atoms with Gasteiger partial charge in [0.25, 0.3) is 0 Å². The van der Waals surface area contributed by atoms with Gasteiger partial charge in [-0.05, 0) is 27.2 Å². The minimum atomic E-state index is -4.65. The van der Waals surface area contributed by atoms with Gasteiger partial charge < -0.3 is 9.79 Å².